The Bertz CT molecular complexity index is 2860. The van der Waals surface area contributed by atoms with E-state index in [-0.39, 0.29) is 11.4 Å². The Morgan fingerprint density at radius 3 is 1.67 bits per heavy atom. The van der Waals surface area contributed by atoms with Crippen molar-refractivity contribution >= 4 is 17.1 Å². The molecule has 2 nitrogen and oxygen atoms in total. The molecule has 0 aromatic heterocycles. The first-order valence-corrected chi connectivity index (χ1v) is 12.8. The van der Waals surface area contributed by atoms with Gasteiger partial charge in [-0.05, 0) is 92.7 Å². The Hall–Kier alpha value is -3.52. The number of nitrogens with two attached hydrogens (primary N) is 1. The predicted molar refractivity (Wildman–Crippen MR) is 182 cm³/mol. The van der Waals surface area contributed by atoms with Gasteiger partial charge < -0.3 is 11.1 Å². The zero-order chi connectivity index (χ0) is 57.4. The van der Waals surface area contributed by atoms with E-state index in [0.717, 1.165) is 25.1 Å². The van der Waals surface area contributed by atoms with Crippen LogP contribution in [0, 0.1) is 0 Å². The van der Waals surface area contributed by atoms with Crippen LogP contribution in [-0.2, 0) is 21.7 Å². The van der Waals surface area contributed by atoms with Crippen LogP contribution in [-0.4, -0.2) is 0 Å². The van der Waals surface area contributed by atoms with E-state index in [1.54, 1.807) is 0 Å². The molecule has 1 unspecified atom stereocenters. The van der Waals surface area contributed by atoms with Crippen LogP contribution in [0.4, 0.5) is 17.1 Å². The number of rotatable bonds is 4. The maximum absolute atomic E-state index is 9.37. The SMILES string of the molecule is [2H]c1c([2H])c(-c2ccc3c(c2)C(C([2H])([2H])[2H])(C([2H])([2H])[2H])C([2H])([2H])C([2H])([2H])C3(C)C([2H])([2H])[2H])c(Nc2ccccc2N)c(-c2ccc3c(c2)C(C([2H])([2H])[2H])(C([2H])([2H])[2H])C([2H])([2H])C([2H])([2H])C3(C([2H])([2H])[2H])C([2H])([2H])[2H])c1[2H]. The average molecular weight is 589 g/mol. The van der Waals surface area contributed by atoms with Crippen molar-refractivity contribution in [3.8, 4) is 22.3 Å². The quantitative estimate of drug-likeness (QED) is 0.233. The van der Waals surface area contributed by atoms with E-state index in [1.165, 1.54) is 24.3 Å². The van der Waals surface area contributed by atoms with Crippen molar-refractivity contribution in [3.05, 3.63) is 101 Å². The summed E-state index contributed by atoms with van der Waals surface area (Å²) in [6.45, 7) is -27.6. The minimum Gasteiger partial charge on any atom is -0.397 e. The van der Waals surface area contributed by atoms with Crippen LogP contribution >= 0.6 is 0 Å². The smallest absolute Gasteiger partial charge is 0.0630 e. The van der Waals surface area contributed by atoms with Gasteiger partial charge in [0.2, 0.25) is 0 Å². The highest BCUT2D eigenvalue weighted by Crippen LogP contribution is 2.50. The molecular formula is C40H48N2. The lowest BCUT2D eigenvalue weighted by atomic mass is 9.62. The zero-order valence-electron chi connectivity index (χ0n) is 54.4. The number of hydrogen-bond acceptors (Lipinski definition) is 2. The highest BCUT2D eigenvalue weighted by atomic mass is 14.9. The summed E-state index contributed by atoms with van der Waals surface area (Å²) in [5.41, 5.74) is -16.9. The van der Waals surface area contributed by atoms with Crippen LogP contribution in [0.15, 0.2) is 78.8 Å². The molecule has 2 aliphatic carbocycles. The van der Waals surface area contributed by atoms with E-state index >= 15 is 0 Å². The number of fused-ring (bicyclic) bond motifs is 2. The number of anilines is 3. The van der Waals surface area contributed by atoms with E-state index in [0.29, 0.717) is 18.2 Å². The number of nitrogen functional groups attached to an aromatic ring is 1. The third-order valence-corrected chi connectivity index (χ3v) is 7.40. The van der Waals surface area contributed by atoms with Gasteiger partial charge in [-0.3, -0.25) is 0 Å². The van der Waals surface area contributed by atoms with Crippen LogP contribution in [0.1, 0.15) is 146 Å². The molecule has 4 aromatic rings. The molecular weight excluding hydrogens is 508 g/mol. The van der Waals surface area contributed by atoms with Gasteiger partial charge in [-0.2, -0.15) is 0 Å². The highest BCUT2D eigenvalue weighted by molar-refractivity contribution is 5.94. The molecule has 0 saturated heterocycles. The first-order chi connectivity index (χ1) is 32.8. The minimum absolute atomic E-state index is 0.0969. The van der Waals surface area contributed by atoms with Gasteiger partial charge in [0.1, 0.15) is 0 Å². The van der Waals surface area contributed by atoms with E-state index < -0.39 is 163 Å². The minimum atomic E-state index is -4.49. The van der Waals surface area contributed by atoms with Crippen molar-refractivity contribution in [3.63, 3.8) is 0 Å². The molecule has 0 radical (unpaired) electrons. The second-order valence-corrected chi connectivity index (χ2v) is 10.6. The fourth-order valence-electron chi connectivity index (χ4n) is 5.17. The molecule has 4 aromatic carbocycles. The van der Waals surface area contributed by atoms with Gasteiger partial charge in [0.05, 0.1) is 21.2 Å². The van der Waals surface area contributed by atoms with E-state index in [4.69, 9.17) is 41.4 Å². The topological polar surface area (TPSA) is 38.0 Å². The van der Waals surface area contributed by atoms with Gasteiger partial charge >= 0.3 is 0 Å². The lowest BCUT2D eigenvalue weighted by molar-refractivity contribution is 0.332. The van der Waals surface area contributed by atoms with Crippen molar-refractivity contribution in [2.45, 2.75) is 102 Å². The molecule has 6 rings (SSSR count). The number of hydrogen-bond donors (Lipinski definition) is 2. The van der Waals surface area contributed by atoms with Crippen molar-refractivity contribution in [1.82, 2.24) is 0 Å². The van der Waals surface area contributed by atoms with Crippen LogP contribution in [0.3, 0.4) is 0 Å². The molecule has 2 heteroatoms. The normalized spacial score (nSPS) is 39.8. The molecule has 0 fully saturated rings. The summed E-state index contributed by atoms with van der Waals surface area (Å²) in [7, 11) is 0. The molecule has 218 valence electrons. The number of nitrogens with one attached hydrogen (secondary N) is 1. The fraction of sp³-hybridized carbons (Fsp3) is 0.400. The lowest BCUT2D eigenvalue weighted by Gasteiger charge is -2.42. The second kappa shape index (κ2) is 9.76. The van der Waals surface area contributed by atoms with Crippen molar-refractivity contribution in [2.75, 3.05) is 11.1 Å². The van der Waals surface area contributed by atoms with E-state index in [2.05, 4.69) is 5.32 Å². The molecule has 0 aliphatic heterocycles. The van der Waals surface area contributed by atoms with Crippen LogP contribution in [0.5, 0.6) is 0 Å². The zero-order valence-corrected chi connectivity index (χ0v) is 22.4. The third-order valence-electron chi connectivity index (χ3n) is 7.40. The van der Waals surface area contributed by atoms with Crippen LogP contribution in [0.2, 0.25) is 0 Å². The fourth-order valence-corrected chi connectivity index (χ4v) is 5.17. The average Bonchev–Trinajstić information content (AvgIpc) is 3.17. The summed E-state index contributed by atoms with van der Waals surface area (Å²) in [4.78, 5) is 0. The maximum Gasteiger partial charge on any atom is 0.0630 e. The Morgan fingerprint density at radius 2 is 1.14 bits per heavy atom. The van der Waals surface area contributed by atoms with Crippen molar-refractivity contribution in [2.24, 2.45) is 0 Å². The van der Waals surface area contributed by atoms with Gasteiger partial charge in [-0.25, -0.2) is 0 Å². The molecule has 3 N–H and O–H groups in total. The number of benzene rings is 4. The highest BCUT2D eigenvalue weighted by Gasteiger charge is 2.38. The molecule has 0 amide bonds. The molecule has 42 heavy (non-hydrogen) atoms. The van der Waals surface area contributed by atoms with E-state index in [1.807, 2.05) is 0 Å². The Labute approximate surface area is 298 Å². The largest absolute Gasteiger partial charge is 0.397 e. The Kier molecular flexibility index (Phi) is 2.21. The summed E-state index contributed by atoms with van der Waals surface area (Å²) in [5, 5.41) is 2.87. The van der Waals surface area contributed by atoms with Crippen LogP contribution in [0.25, 0.3) is 22.3 Å². The van der Waals surface area contributed by atoms with Gasteiger partial charge in [0.25, 0.3) is 0 Å². The van der Waals surface area contributed by atoms with Crippen molar-refractivity contribution < 1.29 is 43.9 Å². The third kappa shape index (κ3) is 4.83. The summed E-state index contributed by atoms with van der Waals surface area (Å²) in [6, 6.07) is 6.82. The van der Waals surface area contributed by atoms with Gasteiger partial charge in [-0.1, -0.05) is 122 Å². The maximum atomic E-state index is 9.37. The molecule has 0 saturated carbocycles. The van der Waals surface area contributed by atoms with Gasteiger partial charge in [-0.15, -0.1) is 0 Å². The van der Waals surface area contributed by atoms with Gasteiger partial charge in [0, 0.05) is 50.9 Å². The van der Waals surface area contributed by atoms with Crippen molar-refractivity contribution in [1.29, 1.82) is 0 Å². The standard InChI is InChI=1S/C40H48N2/c1-37(2)20-22-39(5,6)32-24-26(16-18-30(32)37)28-12-11-13-29(36(28)42-35-15-10-9-14-34(35)41)27-17-19-31-33(25-27)40(7,8)23-21-38(31,3)4/h9-19,24-25,42H,20-23,41H2,1-8H3/i1D3,2D3,3D3,5D3,6D3,7D3,8D3,11D,12D,13D,20D2,21D2,22D2,23D2. The second-order valence-electron chi connectivity index (χ2n) is 10.6. The predicted octanol–water partition coefficient (Wildman–Crippen LogP) is 11.0. The summed E-state index contributed by atoms with van der Waals surface area (Å²) < 4.78 is 282. The van der Waals surface area contributed by atoms with Crippen LogP contribution < -0.4 is 11.1 Å². The number of para-hydroxylation sites is 3. The first-order valence-electron chi connectivity index (χ1n) is 28.8. The molecule has 0 spiro atoms. The molecule has 0 bridgehead atoms. The van der Waals surface area contributed by atoms with E-state index in [9.17, 15) is 8.22 Å². The molecule has 1 atom stereocenters. The first kappa shape index (κ1) is 9.49. The Balaban J connectivity index is 1.95. The molecule has 0 heterocycles. The lowest BCUT2D eigenvalue weighted by Crippen LogP contribution is -2.33. The molecule has 2 aliphatic rings. The monoisotopic (exact) mass is 589 g/mol. The summed E-state index contributed by atoms with van der Waals surface area (Å²) >= 11 is 0. The van der Waals surface area contributed by atoms with Gasteiger partial charge in [0.15, 0.2) is 0 Å². The Morgan fingerprint density at radius 1 is 0.667 bits per heavy atom. The summed E-state index contributed by atoms with van der Waals surface area (Å²) in [5.74, 6) is 0. The summed E-state index contributed by atoms with van der Waals surface area (Å²) in [6.07, 6.45) is -16.9.